The van der Waals surface area contributed by atoms with Crippen LogP contribution in [0.3, 0.4) is 0 Å². The number of benzene rings is 1. The summed E-state index contributed by atoms with van der Waals surface area (Å²) >= 11 is 0. The maximum atomic E-state index is 13.1. The molecule has 0 radical (unpaired) electrons. The summed E-state index contributed by atoms with van der Waals surface area (Å²) in [6.45, 7) is 2.19. The van der Waals surface area contributed by atoms with Crippen LogP contribution in [0.4, 0.5) is 0 Å². The topological polar surface area (TPSA) is 92.6 Å². The Morgan fingerprint density at radius 2 is 2.26 bits per heavy atom. The fourth-order valence-corrected chi connectivity index (χ4v) is 3.46. The van der Waals surface area contributed by atoms with Crippen LogP contribution in [0.1, 0.15) is 18.7 Å². The predicted molar refractivity (Wildman–Crippen MR) is 76.9 cm³/mol. The van der Waals surface area contributed by atoms with Crippen molar-refractivity contribution in [2.24, 2.45) is 10.3 Å². The number of hydrogen-bond donors (Lipinski definition) is 1. The number of fused-ring (bicyclic) bond motifs is 3. The average molecular weight is 316 g/mol. The van der Waals surface area contributed by atoms with Gasteiger partial charge >= 0.3 is 5.97 Å². The van der Waals surface area contributed by atoms with Gasteiger partial charge in [0.2, 0.25) is 0 Å². The molecular weight excluding hydrogens is 300 g/mol. The molecule has 0 bridgehead atoms. The van der Waals surface area contributed by atoms with Gasteiger partial charge in [0.1, 0.15) is 6.04 Å². The largest absolute Gasteiger partial charge is 0.464 e. The zero-order valence-electron chi connectivity index (χ0n) is 12.5. The van der Waals surface area contributed by atoms with Gasteiger partial charge in [-0.2, -0.15) is 5.11 Å². The molecule has 8 nitrogen and oxygen atoms in total. The number of amides is 1. The Morgan fingerprint density at radius 3 is 3.00 bits per heavy atom. The molecular formula is C15H16N4O4. The Kier molecular flexibility index (Phi) is 3.08. The molecule has 3 aliphatic heterocycles. The van der Waals surface area contributed by atoms with E-state index in [9.17, 15) is 9.59 Å². The van der Waals surface area contributed by atoms with E-state index in [4.69, 9.17) is 9.47 Å². The zero-order chi connectivity index (χ0) is 16.0. The first-order chi connectivity index (χ1) is 11.2. The van der Waals surface area contributed by atoms with Crippen molar-refractivity contribution >= 4 is 11.9 Å². The molecule has 1 N–H and O–H groups in total. The minimum atomic E-state index is -1.56. The average Bonchev–Trinajstić information content (AvgIpc) is 3.23. The molecule has 0 spiro atoms. The molecule has 0 aliphatic carbocycles. The van der Waals surface area contributed by atoms with Crippen LogP contribution in [-0.4, -0.2) is 47.6 Å². The number of rotatable bonds is 3. The van der Waals surface area contributed by atoms with Gasteiger partial charge in [0.15, 0.2) is 6.23 Å². The summed E-state index contributed by atoms with van der Waals surface area (Å²) < 4.78 is 10.9. The molecule has 1 amide bonds. The number of nitrogens with zero attached hydrogens (tertiary/aromatic N) is 3. The lowest BCUT2D eigenvalue weighted by molar-refractivity contribution is -0.158. The van der Waals surface area contributed by atoms with Crippen molar-refractivity contribution in [1.29, 1.82) is 0 Å². The van der Waals surface area contributed by atoms with E-state index in [0.29, 0.717) is 6.61 Å². The number of carbonyl (C=O) groups is 2. The molecule has 1 aromatic rings. The molecule has 0 aromatic heterocycles. The highest BCUT2D eigenvalue weighted by atomic mass is 16.5. The summed E-state index contributed by atoms with van der Waals surface area (Å²) in [5, 5.41) is 7.79. The second-order valence-electron chi connectivity index (χ2n) is 5.68. The summed E-state index contributed by atoms with van der Waals surface area (Å²) in [4.78, 5) is 27.1. The van der Waals surface area contributed by atoms with Gasteiger partial charge in [-0.3, -0.25) is 10.2 Å². The molecule has 1 aromatic carbocycles. The molecule has 2 saturated heterocycles. The van der Waals surface area contributed by atoms with Crippen LogP contribution in [0, 0.1) is 0 Å². The van der Waals surface area contributed by atoms with Crippen LogP contribution in [-0.2, 0) is 19.1 Å². The van der Waals surface area contributed by atoms with Crippen molar-refractivity contribution in [3.63, 3.8) is 0 Å². The van der Waals surface area contributed by atoms with Crippen molar-refractivity contribution in [2.45, 2.75) is 30.8 Å². The molecule has 0 saturated carbocycles. The summed E-state index contributed by atoms with van der Waals surface area (Å²) in [5.41, 5.74) is 1.91. The monoisotopic (exact) mass is 316 g/mol. The zero-order valence-corrected chi connectivity index (χ0v) is 12.5. The Hall–Kier alpha value is -2.48. The third-order valence-electron chi connectivity index (χ3n) is 4.51. The lowest BCUT2D eigenvalue weighted by Crippen LogP contribution is -2.60. The molecule has 120 valence electrons. The lowest BCUT2D eigenvalue weighted by Gasteiger charge is -2.26. The van der Waals surface area contributed by atoms with Gasteiger partial charge in [0.25, 0.3) is 11.4 Å². The molecule has 3 heterocycles. The number of carbonyl (C=O) groups excluding carboxylic acids is 2. The minimum absolute atomic E-state index is 0.186. The number of hydrogen-bond acceptors (Lipinski definition) is 7. The van der Waals surface area contributed by atoms with E-state index in [2.05, 4.69) is 15.8 Å². The summed E-state index contributed by atoms with van der Waals surface area (Å²) in [7, 11) is 0. The van der Waals surface area contributed by atoms with Crippen molar-refractivity contribution in [3.05, 3.63) is 35.9 Å². The van der Waals surface area contributed by atoms with Crippen molar-refractivity contribution < 1.29 is 19.1 Å². The highest BCUT2D eigenvalue weighted by Gasteiger charge is 2.71. The summed E-state index contributed by atoms with van der Waals surface area (Å²) in [6.07, 6.45) is -0.525. The first kappa shape index (κ1) is 14.1. The van der Waals surface area contributed by atoms with Gasteiger partial charge in [-0.15, -0.1) is 0 Å². The van der Waals surface area contributed by atoms with Crippen LogP contribution in [0.2, 0.25) is 0 Å². The van der Waals surface area contributed by atoms with Gasteiger partial charge < -0.3 is 14.4 Å². The second-order valence-corrected chi connectivity index (χ2v) is 5.68. The predicted octanol–water partition coefficient (Wildman–Crippen LogP) is 0.567. The highest BCUT2D eigenvalue weighted by molar-refractivity contribution is 6.11. The van der Waals surface area contributed by atoms with E-state index >= 15 is 0 Å². The van der Waals surface area contributed by atoms with E-state index in [1.165, 1.54) is 0 Å². The fraction of sp³-hybridized carbons (Fsp3) is 0.467. The molecule has 2 fully saturated rings. The van der Waals surface area contributed by atoms with E-state index in [-0.39, 0.29) is 12.6 Å². The Balaban J connectivity index is 1.72. The van der Waals surface area contributed by atoms with Crippen LogP contribution in [0.25, 0.3) is 0 Å². The van der Waals surface area contributed by atoms with Crippen molar-refractivity contribution in [2.75, 3.05) is 13.2 Å². The van der Waals surface area contributed by atoms with E-state index < -0.39 is 29.7 Å². The van der Waals surface area contributed by atoms with E-state index in [0.717, 1.165) is 5.56 Å². The third-order valence-corrected chi connectivity index (χ3v) is 4.51. The summed E-state index contributed by atoms with van der Waals surface area (Å²) in [6, 6.07) is 8.46. The molecule has 0 unspecified atom stereocenters. The van der Waals surface area contributed by atoms with Crippen molar-refractivity contribution in [1.82, 2.24) is 10.3 Å². The van der Waals surface area contributed by atoms with Gasteiger partial charge in [-0.05, 0) is 6.92 Å². The van der Waals surface area contributed by atoms with Crippen LogP contribution >= 0.6 is 0 Å². The van der Waals surface area contributed by atoms with Crippen LogP contribution in [0.15, 0.2) is 40.7 Å². The molecule has 4 atom stereocenters. The fourth-order valence-electron chi connectivity index (χ4n) is 3.46. The van der Waals surface area contributed by atoms with Crippen LogP contribution < -0.4 is 5.43 Å². The quantitative estimate of drug-likeness (QED) is 0.650. The molecule has 3 aliphatic rings. The third kappa shape index (κ3) is 1.75. The number of ether oxygens (including phenoxy) is 2. The molecule has 4 rings (SSSR count). The highest BCUT2D eigenvalue weighted by Crippen LogP contribution is 2.45. The SMILES string of the molecule is CCOC(=O)[C@@]12NN=N[C@@H]1[C@H]1CO[C@H](c3ccccc3)N1C2=O. The smallest absolute Gasteiger partial charge is 0.345 e. The first-order valence-corrected chi connectivity index (χ1v) is 7.53. The van der Waals surface area contributed by atoms with E-state index in [1.54, 1.807) is 11.8 Å². The second kappa shape index (κ2) is 5.02. The van der Waals surface area contributed by atoms with Crippen molar-refractivity contribution in [3.8, 4) is 0 Å². The minimum Gasteiger partial charge on any atom is -0.464 e. The molecule has 23 heavy (non-hydrogen) atoms. The van der Waals surface area contributed by atoms with Gasteiger partial charge in [0, 0.05) is 5.56 Å². The molecule has 8 heteroatoms. The number of esters is 1. The maximum absolute atomic E-state index is 13.1. The van der Waals surface area contributed by atoms with Gasteiger partial charge in [-0.1, -0.05) is 35.6 Å². The van der Waals surface area contributed by atoms with Gasteiger partial charge in [-0.25, -0.2) is 4.79 Å². The summed E-state index contributed by atoms with van der Waals surface area (Å²) in [5.74, 6) is -1.04. The van der Waals surface area contributed by atoms with Crippen LogP contribution in [0.5, 0.6) is 0 Å². The normalized spacial score (nSPS) is 34.2. The Bertz CT molecular complexity index is 679. The Morgan fingerprint density at radius 1 is 1.48 bits per heavy atom. The van der Waals surface area contributed by atoms with Gasteiger partial charge in [0.05, 0.1) is 19.3 Å². The first-order valence-electron chi connectivity index (χ1n) is 7.53. The number of nitrogens with one attached hydrogen (secondary N) is 1. The van der Waals surface area contributed by atoms with E-state index in [1.807, 2.05) is 30.3 Å². The standard InChI is InChI=1S/C15H16N4O4/c1-2-22-14(21)15-11(16-18-17-15)10-8-23-12(19(10)13(15)20)9-6-4-3-5-7-9/h3-7,10-12H,2,8H2,1H3,(H,16,17)/t10-,11-,12-,15-/m1/s1. The maximum Gasteiger partial charge on any atom is 0.345 e. The Labute approximate surface area is 132 Å². The lowest BCUT2D eigenvalue weighted by atomic mass is 9.91.